The van der Waals surface area contributed by atoms with E-state index in [4.69, 9.17) is 11.6 Å². The molecule has 0 aromatic heterocycles. The minimum Gasteiger partial charge on any atom is -0.336 e. The van der Waals surface area contributed by atoms with E-state index in [0.717, 1.165) is 5.56 Å². The number of amides is 2. The molecule has 1 aliphatic rings. The van der Waals surface area contributed by atoms with Crippen molar-refractivity contribution in [1.82, 2.24) is 14.7 Å². The minimum absolute atomic E-state index is 0.0820. The molecule has 8 heteroatoms. The molecule has 5 nitrogen and oxygen atoms in total. The third-order valence-electron chi connectivity index (χ3n) is 6.10. The van der Waals surface area contributed by atoms with E-state index in [1.165, 1.54) is 24.3 Å². The molecule has 0 unspecified atom stereocenters. The van der Waals surface area contributed by atoms with Crippen LogP contribution in [0.15, 0.2) is 72.8 Å². The van der Waals surface area contributed by atoms with E-state index in [9.17, 15) is 18.4 Å². The number of hydrogen-bond acceptors (Lipinski definition) is 3. The van der Waals surface area contributed by atoms with E-state index in [0.29, 0.717) is 56.4 Å². The van der Waals surface area contributed by atoms with Crippen LogP contribution >= 0.6 is 11.6 Å². The number of rotatable bonds is 7. The zero-order valence-corrected chi connectivity index (χ0v) is 19.9. The summed E-state index contributed by atoms with van der Waals surface area (Å²) >= 11 is 6.09. The van der Waals surface area contributed by atoms with E-state index in [-0.39, 0.29) is 23.2 Å². The summed E-state index contributed by atoms with van der Waals surface area (Å²) in [6.45, 7) is 3.59. The first-order chi connectivity index (χ1) is 16.9. The summed E-state index contributed by atoms with van der Waals surface area (Å²) in [6.07, 6.45) is 0. The highest BCUT2D eigenvalue weighted by Gasteiger charge is 2.25. The predicted molar refractivity (Wildman–Crippen MR) is 131 cm³/mol. The molecule has 0 N–H and O–H groups in total. The fraction of sp³-hybridized carbons (Fsp3) is 0.259. The van der Waals surface area contributed by atoms with Crippen LogP contribution in [0.2, 0.25) is 5.02 Å². The summed E-state index contributed by atoms with van der Waals surface area (Å²) in [7, 11) is 0. The summed E-state index contributed by atoms with van der Waals surface area (Å²) in [4.78, 5) is 31.5. The van der Waals surface area contributed by atoms with Gasteiger partial charge < -0.3 is 9.80 Å². The molecular weight excluding hydrogens is 472 g/mol. The van der Waals surface area contributed by atoms with Gasteiger partial charge in [0.25, 0.3) is 11.8 Å². The number of halogens is 3. The lowest BCUT2D eigenvalue weighted by atomic mass is 10.1. The largest absolute Gasteiger partial charge is 0.336 e. The van der Waals surface area contributed by atoms with Crippen molar-refractivity contribution in [3.8, 4) is 0 Å². The molecule has 0 saturated carbocycles. The second-order valence-corrected chi connectivity index (χ2v) is 8.91. The van der Waals surface area contributed by atoms with Gasteiger partial charge in [-0.2, -0.15) is 0 Å². The maximum atomic E-state index is 14.0. The Morgan fingerprint density at radius 2 is 1.60 bits per heavy atom. The minimum atomic E-state index is -0.518. The van der Waals surface area contributed by atoms with Gasteiger partial charge in [-0.05, 0) is 48.0 Å². The van der Waals surface area contributed by atoms with Crippen molar-refractivity contribution < 1.29 is 18.4 Å². The summed E-state index contributed by atoms with van der Waals surface area (Å²) in [6, 6.07) is 18.9. The first-order valence-electron chi connectivity index (χ1n) is 11.5. The van der Waals surface area contributed by atoms with Gasteiger partial charge in [0, 0.05) is 56.4 Å². The Morgan fingerprint density at radius 1 is 0.886 bits per heavy atom. The highest BCUT2D eigenvalue weighted by Crippen LogP contribution is 2.16. The van der Waals surface area contributed by atoms with Crippen molar-refractivity contribution in [2.45, 2.75) is 6.54 Å². The summed E-state index contributed by atoms with van der Waals surface area (Å²) < 4.78 is 27.3. The van der Waals surface area contributed by atoms with Crippen molar-refractivity contribution >= 4 is 23.4 Å². The molecule has 0 spiro atoms. The number of carbonyl (C=O) groups excluding carboxylic acids is 2. The fourth-order valence-electron chi connectivity index (χ4n) is 4.11. The van der Waals surface area contributed by atoms with Crippen molar-refractivity contribution in [2.75, 3.05) is 39.3 Å². The Bertz CT molecular complexity index is 1180. The Kier molecular flexibility index (Phi) is 8.10. The number of nitrogens with zero attached hydrogens (tertiary/aromatic N) is 3. The normalized spacial score (nSPS) is 14.1. The van der Waals surface area contributed by atoms with Crippen LogP contribution in [0.25, 0.3) is 0 Å². The van der Waals surface area contributed by atoms with Crippen LogP contribution in [-0.2, 0) is 6.54 Å². The first kappa shape index (κ1) is 24.8. The zero-order chi connectivity index (χ0) is 24.8. The Hall–Kier alpha value is -3.29. The van der Waals surface area contributed by atoms with E-state index >= 15 is 0 Å². The van der Waals surface area contributed by atoms with Gasteiger partial charge in [0.2, 0.25) is 0 Å². The third kappa shape index (κ3) is 6.44. The van der Waals surface area contributed by atoms with Gasteiger partial charge in [0.05, 0.1) is 5.56 Å². The second kappa shape index (κ2) is 11.4. The van der Waals surface area contributed by atoms with Gasteiger partial charge in [0.15, 0.2) is 0 Å². The van der Waals surface area contributed by atoms with Crippen LogP contribution in [-0.4, -0.2) is 65.8 Å². The van der Waals surface area contributed by atoms with Crippen molar-refractivity contribution in [3.05, 3.63) is 106 Å². The van der Waals surface area contributed by atoms with Crippen molar-refractivity contribution in [3.63, 3.8) is 0 Å². The standard InChI is InChI=1S/C27H26ClF2N3O2/c28-22-5-3-4-21(18-22)26(34)33(19-20-8-10-23(29)11-9-20)17-14-31-12-15-32(16-13-31)27(35)24-6-1-2-7-25(24)30/h1-11,18H,12-17,19H2. The lowest BCUT2D eigenvalue weighted by Crippen LogP contribution is -2.50. The fourth-order valence-corrected chi connectivity index (χ4v) is 4.30. The third-order valence-corrected chi connectivity index (χ3v) is 6.33. The molecule has 1 saturated heterocycles. The van der Waals surface area contributed by atoms with Crippen LogP contribution in [0.5, 0.6) is 0 Å². The predicted octanol–water partition coefficient (Wildman–Crippen LogP) is 4.72. The van der Waals surface area contributed by atoms with Gasteiger partial charge in [-0.25, -0.2) is 8.78 Å². The molecule has 0 atom stereocenters. The van der Waals surface area contributed by atoms with E-state index in [1.54, 1.807) is 58.3 Å². The molecule has 3 aromatic rings. The average molecular weight is 498 g/mol. The average Bonchev–Trinajstić information content (AvgIpc) is 2.87. The molecule has 0 radical (unpaired) electrons. The van der Waals surface area contributed by atoms with Crippen molar-refractivity contribution in [1.29, 1.82) is 0 Å². The maximum absolute atomic E-state index is 14.0. The highest BCUT2D eigenvalue weighted by molar-refractivity contribution is 6.30. The SMILES string of the molecule is O=C(c1cccc(Cl)c1)N(CCN1CCN(C(=O)c2ccccc2F)CC1)Cc1ccc(F)cc1. The Balaban J connectivity index is 1.38. The summed E-state index contributed by atoms with van der Waals surface area (Å²) in [5, 5.41) is 0.480. The monoisotopic (exact) mass is 497 g/mol. The smallest absolute Gasteiger partial charge is 0.256 e. The molecule has 1 aliphatic heterocycles. The molecule has 0 aliphatic carbocycles. The lowest BCUT2D eigenvalue weighted by Gasteiger charge is -2.36. The summed E-state index contributed by atoms with van der Waals surface area (Å²) in [5.41, 5.74) is 1.39. The Labute approximate surface area is 208 Å². The van der Waals surface area contributed by atoms with Crippen LogP contribution < -0.4 is 0 Å². The molecule has 1 heterocycles. The topological polar surface area (TPSA) is 43.9 Å². The Morgan fingerprint density at radius 3 is 2.29 bits per heavy atom. The second-order valence-electron chi connectivity index (χ2n) is 8.48. The molecule has 3 aromatic carbocycles. The molecule has 0 bridgehead atoms. The highest BCUT2D eigenvalue weighted by atomic mass is 35.5. The lowest BCUT2D eigenvalue weighted by molar-refractivity contribution is 0.0595. The van der Waals surface area contributed by atoms with Gasteiger partial charge in [-0.15, -0.1) is 0 Å². The zero-order valence-electron chi connectivity index (χ0n) is 19.2. The summed E-state index contributed by atoms with van der Waals surface area (Å²) in [5.74, 6) is -1.32. The van der Waals surface area contributed by atoms with Crippen molar-refractivity contribution in [2.24, 2.45) is 0 Å². The molecule has 35 heavy (non-hydrogen) atoms. The van der Waals surface area contributed by atoms with Gasteiger partial charge in [-0.3, -0.25) is 14.5 Å². The van der Waals surface area contributed by atoms with Crippen LogP contribution in [0.1, 0.15) is 26.3 Å². The molecule has 1 fully saturated rings. The van der Waals surface area contributed by atoms with Crippen LogP contribution in [0.3, 0.4) is 0 Å². The molecule has 182 valence electrons. The maximum Gasteiger partial charge on any atom is 0.256 e. The molecule has 4 rings (SSSR count). The number of carbonyl (C=O) groups is 2. The van der Waals surface area contributed by atoms with Gasteiger partial charge in [-0.1, -0.05) is 41.9 Å². The van der Waals surface area contributed by atoms with Gasteiger partial charge >= 0.3 is 0 Å². The van der Waals surface area contributed by atoms with Crippen LogP contribution in [0, 0.1) is 11.6 Å². The molecular formula is C27H26ClF2N3O2. The van der Waals surface area contributed by atoms with Crippen LogP contribution in [0.4, 0.5) is 8.78 Å². The van der Waals surface area contributed by atoms with E-state index < -0.39 is 5.82 Å². The number of hydrogen-bond donors (Lipinski definition) is 0. The number of piperazine rings is 1. The first-order valence-corrected chi connectivity index (χ1v) is 11.8. The molecule has 2 amide bonds. The van der Waals surface area contributed by atoms with Gasteiger partial charge in [0.1, 0.15) is 11.6 Å². The quantitative estimate of drug-likeness (QED) is 0.474. The van der Waals surface area contributed by atoms with E-state index in [1.807, 2.05) is 0 Å². The van der Waals surface area contributed by atoms with E-state index in [2.05, 4.69) is 4.90 Å². The number of benzene rings is 3.